The van der Waals surface area contributed by atoms with Gasteiger partial charge in [0, 0.05) is 0 Å². The van der Waals surface area contributed by atoms with Crippen molar-refractivity contribution in [1.82, 2.24) is 0 Å². The second-order valence-corrected chi connectivity index (χ2v) is 1.03. The molecule has 0 fully saturated rings. The molecule has 1 nitrogen and oxygen atoms in total. The molecule has 0 N–H and O–H groups in total. The molecule has 1 heteroatoms. The van der Waals surface area contributed by atoms with Crippen LogP contribution in [0.4, 0.5) is 0 Å². The summed E-state index contributed by atoms with van der Waals surface area (Å²) in [5, 5.41) is 0. The monoisotopic (exact) mass is 95.1 g/mol. The maximum atomic E-state index is 3.86. The molecule has 0 unspecified atom stereocenters. The van der Waals surface area contributed by atoms with Gasteiger partial charge in [-0.2, -0.15) is 0 Å². The highest BCUT2D eigenvalue weighted by Crippen LogP contribution is 1.61. The predicted octanol–water partition coefficient (Wildman–Crippen LogP) is 1.10. The highest BCUT2D eigenvalue weighted by atomic mass is 14.7. The van der Waals surface area contributed by atoms with Crippen LogP contribution in [0.1, 0.15) is 13.8 Å². The molecule has 0 heterocycles. The first kappa shape index (κ1) is 6.23. The van der Waals surface area contributed by atoms with E-state index in [1.165, 1.54) is 0 Å². The van der Waals surface area contributed by atoms with E-state index in [4.69, 9.17) is 0 Å². The minimum atomic E-state index is 0.646. The quantitative estimate of drug-likeness (QED) is 0.341. The van der Waals surface area contributed by atoms with Crippen LogP contribution < -0.4 is 0 Å². The third-order valence-corrected chi connectivity index (χ3v) is 0.530. The van der Waals surface area contributed by atoms with Gasteiger partial charge >= 0.3 is 0 Å². The van der Waals surface area contributed by atoms with Crippen LogP contribution in [0.2, 0.25) is 0 Å². The van der Waals surface area contributed by atoms with Crippen molar-refractivity contribution in [2.45, 2.75) is 13.8 Å². The fourth-order valence-corrected chi connectivity index (χ4v) is 0.216. The molecule has 0 saturated heterocycles. The number of nitrogens with zero attached hydrogens (tertiary/aromatic N) is 1. The first-order valence-corrected chi connectivity index (χ1v) is 2.26. The van der Waals surface area contributed by atoms with Gasteiger partial charge in [0.15, 0.2) is 0 Å². The minimum Gasteiger partial charge on any atom is -0.285 e. The van der Waals surface area contributed by atoms with E-state index in [1.807, 2.05) is 13.8 Å². The molecule has 7 heavy (non-hydrogen) atoms. The molecule has 0 aromatic rings. The Hall–Kier alpha value is -0.770. The van der Waals surface area contributed by atoms with Crippen molar-refractivity contribution in [2.75, 3.05) is 6.54 Å². The lowest BCUT2D eigenvalue weighted by Crippen LogP contribution is -1.69. The zero-order valence-corrected chi connectivity index (χ0v) is 4.73. The van der Waals surface area contributed by atoms with Crippen LogP contribution in [0.3, 0.4) is 0 Å². The summed E-state index contributed by atoms with van der Waals surface area (Å²) >= 11 is 0. The molecule has 0 amide bonds. The van der Waals surface area contributed by atoms with Gasteiger partial charge in [0.2, 0.25) is 0 Å². The standard InChI is InChI=1S/C6H9N/c1-3-5-6-7-4-2/h4H,6H2,1-2H3/b7-4-. The summed E-state index contributed by atoms with van der Waals surface area (Å²) in [4.78, 5) is 3.86. The summed E-state index contributed by atoms with van der Waals surface area (Å²) in [6.45, 7) is 4.34. The summed E-state index contributed by atoms with van der Waals surface area (Å²) in [6, 6.07) is 0. The zero-order valence-electron chi connectivity index (χ0n) is 4.73. The van der Waals surface area contributed by atoms with Crippen LogP contribution in [-0.4, -0.2) is 12.8 Å². The van der Waals surface area contributed by atoms with Crippen LogP contribution >= 0.6 is 0 Å². The average molecular weight is 95.1 g/mol. The van der Waals surface area contributed by atoms with Gasteiger partial charge in [0.05, 0.1) is 6.54 Å². The highest BCUT2D eigenvalue weighted by Gasteiger charge is 1.59. The van der Waals surface area contributed by atoms with E-state index >= 15 is 0 Å². The summed E-state index contributed by atoms with van der Waals surface area (Å²) in [6.07, 6.45) is 1.75. The van der Waals surface area contributed by atoms with Crippen molar-refractivity contribution < 1.29 is 0 Å². The van der Waals surface area contributed by atoms with E-state index in [9.17, 15) is 0 Å². The summed E-state index contributed by atoms with van der Waals surface area (Å²) in [5.41, 5.74) is 0. The van der Waals surface area contributed by atoms with E-state index in [0.29, 0.717) is 6.54 Å². The molecule has 0 aliphatic heterocycles. The Morgan fingerprint density at radius 1 is 1.71 bits per heavy atom. The smallest absolute Gasteiger partial charge is 0.0993 e. The second-order valence-electron chi connectivity index (χ2n) is 1.03. The van der Waals surface area contributed by atoms with Crippen LogP contribution in [0, 0.1) is 11.8 Å². The second kappa shape index (κ2) is 5.23. The molecule has 38 valence electrons. The van der Waals surface area contributed by atoms with Gasteiger partial charge in [-0.1, -0.05) is 5.92 Å². The predicted molar refractivity (Wildman–Crippen MR) is 32.5 cm³/mol. The van der Waals surface area contributed by atoms with Crippen molar-refractivity contribution in [3.8, 4) is 11.8 Å². The van der Waals surface area contributed by atoms with E-state index in [2.05, 4.69) is 16.8 Å². The van der Waals surface area contributed by atoms with E-state index in [-0.39, 0.29) is 0 Å². The van der Waals surface area contributed by atoms with Gasteiger partial charge in [-0.3, -0.25) is 4.99 Å². The van der Waals surface area contributed by atoms with Gasteiger partial charge in [-0.15, -0.1) is 5.92 Å². The van der Waals surface area contributed by atoms with Gasteiger partial charge in [-0.25, -0.2) is 0 Å². The molecule has 0 aromatic carbocycles. The van der Waals surface area contributed by atoms with Crippen LogP contribution in [0.15, 0.2) is 4.99 Å². The minimum absolute atomic E-state index is 0.646. The first-order chi connectivity index (χ1) is 3.41. The fraction of sp³-hybridized carbons (Fsp3) is 0.500. The van der Waals surface area contributed by atoms with Crippen molar-refractivity contribution in [2.24, 2.45) is 4.99 Å². The van der Waals surface area contributed by atoms with Crippen molar-refractivity contribution in [1.29, 1.82) is 0 Å². The maximum Gasteiger partial charge on any atom is 0.0993 e. The molecule has 0 aliphatic carbocycles. The third-order valence-electron chi connectivity index (χ3n) is 0.530. The van der Waals surface area contributed by atoms with Gasteiger partial charge in [0.1, 0.15) is 0 Å². The zero-order chi connectivity index (χ0) is 5.54. The largest absolute Gasteiger partial charge is 0.285 e. The normalized spacial score (nSPS) is 8.29. The lowest BCUT2D eigenvalue weighted by Gasteiger charge is -1.70. The summed E-state index contributed by atoms with van der Waals surface area (Å²) < 4.78 is 0. The van der Waals surface area contributed by atoms with Gasteiger partial charge in [-0.05, 0) is 20.1 Å². The van der Waals surface area contributed by atoms with Crippen LogP contribution in [0.25, 0.3) is 0 Å². The summed E-state index contributed by atoms with van der Waals surface area (Å²) in [5.74, 6) is 5.54. The Kier molecular flexibility index (Phi) is 4.65. The molecule has 0 bridgehead atoms. The molecule has 0 aromatic heterocycles. The van der Waals surface area contributed by atoms with E-state index in [0.717, 1.165) is 0 Å². The lowest BCUT2D eigenvalue weighted by atomic mass is 10.6. The Labute approximate surface area is 44.5 Å². The van der Waals surface area contributed by atoms with Crippen molar-refractivity contribution in [3.05, 3.63) is 0 Å². The fourth-order valence-electron chi connectivity index (χ4n) is 0.216. The Balaban J connectivity index is 3.09. The number of hydrogen-bond donors (Lipinski definition) is 0. The van der Waals surface area contributed by atoms with E-state index < -0.39 is 0 Å². The number of rotatable bonds is 1. The highest BCUT2D eigenvalue weighted by molar-refractivity contribution is 5.53. The molecule has 0 aliphatic rings. The molecular weight excluding hydrogens is 86.1 g/mol. The Morgan fingerprint density at radius 3 is 2.86 bits per heavy atom. The third kappa shape index (κ3) is 5.23. The SMILES string of the molecule is CC#CC/N=C\C. The van der Waals surface area contributed by atoms with Crippen molar-refractivity contribution >= 4 is 6.21 Å². The molecule has 0 rings (SSSR count). The van der Waals surface area contributed by atoms with Gasteiger partial charge in [0.25, 0.3) is 0 Å². The van der Waals surface area contributed by atoms with E-state index in [1.54, 1.807) is 6.21 Å². The first-order valence-electron chi connectivity index (χ1n) is 2.26. The Bertz CT molecular complexity index is 103. The molecule has 0 saturated carbocycles. The molecule has 0 radical (unpaired) electrons. The topological polar surface area (TPSA) is 12.4 Å². The molecule has 0 atom stereocenters. The number of hydrogen-bond acceptors (Lipinski definition) is 1. The lowest BCUT2D eigenvalue weighted by molar-refractivity contribution is 1.30. The maximum absolute atomic E-state index is 3.86. The van der Waals surface area contributed by atoms with Crippen molar-refractivity contribution in [3.63, 3.8) is 0 Å². The van der Waals surface area contributed by atoms with Crippen LogP contribution in [0.5, 0.6) is 0 Å². The summed E-state index contributed by atoms with van der Waals surface area (Å²) in [7, 11) is 0. The van der Waals surface area contributed by atoms with Gasteiger partial charge < -0.3 is 0 Å². The molecular formula is C6H9N. The Morgan fingerprint density at radius 2 is 2.43 bits per heavy atom. The molecule has 0 spiro atoms. The number of aliphatic imine (C=N–C) groups is 1. The average Bonchev–Trinajstić information content (AvgIpc) is 1.69. The van der Waals surface area contributed by atoms with Crippen LogP contribution in [-0.2, 0) is 0 Å².